The molecule has 3 N–H and O–H groups in total. The third-order valence-electron chi connectivity index (χ3n) is 4.45. The van der Waals surface area contributed by atoms with Crippen molar-refractivity contribution in [1.29, 1.82) is 0 Å². The van der Waals surface area contributed by atoms with E-state index in [0.717, 1.165) is 11.8 Å². The van der Waals surface area contributed by atoms with Crippen LogP contribution in [0.2, 0.25) is 0 Å². The smallest absolute Gasteiger partial charge is 0.344 e. The predicted octanol–water partition coefficient (Wildman–Crippen LogP) is 3.73. The predicted molar refractivity (Wildman–Crippen MR) is 124 cm³/mol. The number of thioether (sulfide) groups is 1. The zero-order chi connectivity index (χ0) is 24.1. The average molecular weight is 468 g/mol. The van der Waals surface area contributed by atoms with Crippen LogP contribution in [0.15, 0.2) is 65.0 Å². The fraction of sp³-hybridized carbons (Fsp3) is 0.130. The number of aliphatic carboxylic acids is 1. The van der Waals surface area contributed by atoms with Crippen molar-refractivity contribution in [2.45, 2.75) is 13.0 Å². The molecule has 2 aromatic rings. The SMILES string of the molecule is C=CCN1C(=O)/C(=C/c2cccc(OC(C)C(=O)O)c2)SC1=Nc1ccc(C(=O)O)c(O)c1. The summed E-state index contributed by atoms with van der Waals surface area (Å²) < 4.78 is 5.37. The Labute approximate surface area is 193 Å². The number of aromatic hydroxyl groups is 1. The van der Waals surface area contributed by atoms with Gasteiger partial charge in [-0.2, -0.15) is 0 Å². The molecule has 0 aromatic heterocycles. The van der Waals surface area contributed by atoms with Crippen LogP contribution in [0.1, 0.15) is 22.8 Å². The number of hydrogen-bond donors (Lipinski definition) is 3. The first-order valence-corrected chi connectivity index (χ1v) is 10.5. The molecule has 1 fully saturated rings. The Morgan fingerprint density at radius 1 is 1.24 bits per heavy atom. The molecule has 1 heterocycles. The van der Waals surface area contributed by atoms with Gasteiger partial charge < -0.3 is 20.1 Å². The van der Waals surface area contributed by atoms with Gasteiger partial charge in [0, 0.05) is 12.6 Å². The minimum Gasteiger partial charge on any atom is -0.507 e. The van der Waals surface area contributed by atoms with E-state index >= 15 is 0 Å². The minimum absolute atomic E-state index is 0.195. The van der Waals surface area contributed by atoms with Gasteiger partial charge >= 0.3 is 11.9 Å². The van der Waals surface area contributed by atoms with Crippen molar-refractivity contribution in [3.63, 3.8) is 0 Å². The quantitative estimate of drug-likeness (QED) is 0.394. The van der Waals surface area contributed by atoms with Gasteiger partial charge in [-0.15, -0.1) is 6.58 Å². The first-order chi connectivity index (χ1) is 15.7. The Morgan fingerprint density at radius 3 is 2.64 bits per heavy atom. The molecule has 0 aliphatic carbocycles. The second kappa shape index (κ2) is 10.0. The van der Waals surface area contributed by atoms with Crippen molar-refractivity contribution < 1.29 is 34.4 Å². The van der Waals surface area contributed by atoms with E-state index in [0.29, 0.717) is 21.4 Å². The van der Waals surface area contributed by atoms with Crippen molar-refractivity contribution in [2.24, 2.45) is 4.99 Å². The molecule has 1 amide bonds. The highest BCUT2D eigenvalue weighted by Crippen LogP contribution is 2.35. The fourth-order valence-electron chi connectivity index (χ4n) is 2.85. The first-order valence-electron chi connectivity index (χ1n) is 9.66. The zero-order valence-electron chi connectivity index (χ0n) is 17.5. The molecule has 1 aliphatic rings. The van der Waals surface area contributed by atoms with Crippen LogP contribution in [0.4, 0.5) is 5.69 Å². The molecule has 0 bridgehead atoms. The van der Waals surface area contributed by atoms with Crippen LogP contribution in [0.5, 0.6) is 11.5 Å². The summed E-state index contributed by atoms with van der Waals surface area (Å²) in [5.74, 6) is -2.75. The van der Waals surface area contributed by atoms with Crippen molar-refractivity contribution in [3.8, 4) is 11.5 Å². The van der Waals surface area contributed by atoms with Crippen molar-refractivity contribution in [1.82, 2.24) is 4.90 Å². The normalized spacial score (nSPS) is 16.8. The highest BCUT2D eigenvalue weighted by atomic mass is 32.2. The van der Waals surface area contributed by atoms with Gasteiger partial charge in [-0.1, -0.05) is 18.2 Å². The highest BCUT2D eigenvalue weighted by Gasteiger charge is 2.32. The lowest BCUT2D eigenvalue weighted by Gasteiger charge is -2.12. The highest BCUT2D eigenvalue weighted by molar-refractivity contribution is 8.18. The van der Waals surface area contributed by atoms with Gasteiger partial charge in [-0.05, 0) is 54.6 Å². The van der Waals surface area contributed by atoms with Crippen LogP contribution in [-0.2, 0) is 9.59 Å². The summed E-state index contributed by atoms with van der Waals surface area (Å²) in [6, 6.07) is 10.5. The lowest BCUT2D eigenvalue weighted by atomic mass is 10.2. The fourth-order valence-corrected chi connectivity index (χ4v) is 3.85. The van der Waals surface area contributed by atoms with E-state index < -0.39 is 23.8 Å². The van der Waals surface area contributed by atoms with Gasteiger partial charge in [0.2, 0.25) is 0 Å². The number of aromatic carboxylic acids is 1. The van der Waals surface area contributed by atoms with Crippen LogP contribution < -0.4 is 4.74 Å². The Bertz CT molecular complexity index is 1190. The molecule has 0 radical (unpaired) electrons. The van der Waals surface area contributed by atoms with Gasteiger partial charge in [0.05, 0.1) is 10.6 Å². The number of carbonyl (C=O) groups excluding carboxylic acids is 1. The van der Waals surface area contributed by atoms with E-state index in [-0.39, 0.29) is 23.7 Å². The maximum absolute atomic E-state index is 12.9. The lowest BCUT2D eigenvalue weighted by molar-refractivity contribution is -0.144. The van der Waals surface area contributed by atoms with Gasteiger partial charge in [-0.3, -0.25) is 9.69 Å². The monoisotopic (exact) mass is 468 g/mol. The molecule has 0 saturated carbocycles. The number of ether oxygens (including phenoxy) is 1. The van der Waals surface area contributed by atoms with Crippen LogP contribution in [0.3, 0.4) is 0 Å². The third kappa shape index (κ3) is 5.60. The Kier molecular flexibility index (Phi) is 7.19. The molecule has 1 atom stereocenters. The van der Waals surface area contributed by atoms with E-state index in [1.807, 2.05) is 0 Å². The second-order valence-electron chi connectivity index (χ2n) is 6.89. The van der Waals surface area contributed by atoms with Crippen molar-refractivity contribution in [2.75, 3.05) is 6.54 Å². The van der Waals surface area contributed by atoms with Crippen LogP contribution in [0, 0.1) is 0 Å². The molecular weight excluding hydrogens is 448 g/mol. The Morgan fingerprint density at radius 2 is 2.00 bits per heavy atom. The number of benzene rings is 2. The van der Waals surface area contributed by atoms with Crippen LogP contribution in [-0.4, -0.2) is 55.9 Å². The lowest BCUT2D eigenvalue weighted by Crippen LogP contribution is -2.29. The Hall–Kier alpha value is -4.05. The topological polar surface area (TPSA) is 137 Å². The standard InChI is InChI=1S/C23H20N2O7S/c1-3-9-25-20(27)19(11-14-5-4-6-16(10-14)32-13(2)21(28)29)33-23(25)24-15-7-8-17(22(30)31)18(26)12-15/h3-8,10-13,26H,1,9H2,2H3,(H,28,29)(H,30,31)/b19-11-,24-23?. The van der Waals surface area contributed by atoms with Gasteiger partial charge in [0.1, 0.15) is 17.1 Å². The molecule has 1 aliphatic heterocycles. The zero-order valence-corrected chi connectivity index (χ0v) is 18.3. The molecule has 3 rings (SSSR count). The number of phenols is 1. The van der Waals surface area contributed by atoms with Crippen LogP contribution in [0.25, 0.3) is 6.08 Å². The first kappa shape index (κ1) is 23.6. The van der Waals surface area contributed by atoms with E-state index in [4.69, 9.17) is 14.9 Å². The summed E-state index contributed by atoms with van der Waals surface area (Å²) in [6.07, 6.45) is 2.15. The summed E-state index contributed by atoms with van der Waals surface area (Å²) in [5.41, 5.74) is 0.655. The molecule has 9 nitrogen and oxygen atoms in total. The number of carboxylic acid groups (broad SMARTS) is 2. The number of amidine groups is 1. The number of carboxylic acids is 2. The summed E-state index contributed by atoms with van der Waals surface area (Å²) in [6.45, 7) is 5.27. The van der Waals surface area contributed by atoms with E-state index in [9.17, 15) is 19.5 Å². The van der Waals surface area contributed by atoms with Crippen molar-refractivity contribution in [3.05, 3.63) is 71.2 Å². The molecule has 0 spiro atoms. The molecular formula is C23H20N2O7S. The van der Waals surface area contributed by atoms with E-state index in [2.05, 4.69) is 11.6 Å². The molecule has 2 aromatic carbocycles. The molecule has 33 heavy (non-hydrogen) atoms. The summed E-state index contributed by atoms with van der Waals surface area (Å²) in [4.78, 5) is 41.2. The molecule has 170 valence electrons. The molecule has 1 saturated heterocycles. The number of nitrogens with zero attached hydrogens (tertiary/aromatic N) is 2. The molecule has 1 unspecified atom stereocenters. The van der Waals surface area contributed by atoms with Crippen LogP contribution >= 0.6 is 11.8 Å². The summed E-state index contributed by atoms with van der Waals surface area (Å²) in [7, 11) is 0. The third-order valence-corrected chi connectivity index (χ3v) is 5.46. The number of rotatable bonds is 8. The number of aliphatic imine (C=N–C) groups is 1. The summed E-state index contributed by atoms with van der Waals surface area (Å²) in [5, 5.41) is 28.3. The Balaban J connectivity index is 1.91. The number of amides is 1. The molecule has 10 heteroatoms. The van der Waals surface area contributed by atoms with Gasteiger partial charge in [0.15, 0.2) is 11.3 Å². The van der Waals surface area contributed by atoms with E-state index in [1.54, 1.807) is 36.4 Å². The van der Waals surface area contributed by atoms with Crippen molar-refractivity contribution >= 4 is 46.5 Å². The maximum Gasteiger partial charge on any atom is 0.344 e. The van der Waals surface area contributed by atoms with Gasteiger partial charge in [-0.25, -0.2) is 14.6 Å². The van der Waals surface area contributed by atoms with Gasteiger partial charge in [0.25, 0.3) is 5.91 Å². The summed E-state index contributed by atoms with van der Waals surface area (Å²) >= 11 is 1.10. The minimum atomic E-state index is -1.26. The van der Waals surface area contributed by atoms with E-state index in [1.165, 1.54) is 30.0 Å². The maximum atomic E-state index is 12.9. The largest absolute Gasteiger partial charge is 0.507 e. The number of hydrogen-bond acceptors (Lipinski definition) is 7. The second-order valence-corrected chi connectivity index (χ2v) is 7.90. The number of carbonyl (C=O) groups is 3. The average Bonchev–Trinajstić information content (AvgIpc) is 3.03.